The van der Waals surface area contributed by atoms with Crippen LogP contribution in [0, 0.1) is 0 Å². The third-order valence-electron chi connectivity index (χ3n) is 7.71. The van der Waals surface area contributed by atoms with E-state index in [2.05, 4.69) is 0 Å². The van der Waals surface area contributed by atoms with Crippen molar-refractivity contribution in [3.05, 3.63) is 138 Å². The minimum absolute atomic E-state index is 0.0375. The van der Waals surface area contributed by atoms with Gasteiger partial charge in [0.25, 0.3) is 10.1 Å². The highest BCUT2D eigenvalue weighted by Gasteiger charge is 2.38. The fraction of sp³-hybridized carbons (Fsp3) is 0. The number of nitrogen functional groups attached to an aromatic ring is 1. The Morgan fingerprint density at radius 1 is 0.571 bits per heavy atom. The normalized spacial score (nSPS) is 12.8. The zero-order valence-electron chi connectivity index (χ0n) is 22.0. The summed E-state index contributed by atoms with van der Waals surface area (Å²) in [5.74, 6) is -1.07. The quantitative estimate of drug-likeness (QED) is 0.172. The minimum atomic E-state index is -4.91. The van der Waals surface area contributed by atoms with Crippen molar-refractivity contribution >= 4 is 66.0 Å². The molecule has 3 N–H and O–H groups in total. The lowest BCUT2D eigenvalue weighted by Crippen LogP contribution is -2.27. The standard InChI is InChI=1S/C34H22N2O5S/c35-32-29(42(39,40)41)19-28(30-31(32)34(38)25-16-6-5-15-24(25)33(30)37)36(26-17-7-11-20-9-1-3-13-22(20)26)27-18-8-12-21-10-2-4-14-23(21)27/h1-19H,35H2,(H,39,40,41). The molecule has 0 amide bonds. The van der Waals surface area contributed by atoms with Gasteiger partial charge in [0.05, 0.1) is 33.9 Å². The second kappa shape index (κ2) is 9.37. The highest BCUT2D eigenvalue weighted by atomic mass is 32.2. The fourth-order valence-corrected chi connectivity index (χ4v) is 6.50. The van der Waals surface area contributed by atoms with E-state index in [0.717, 1.165) is 21.5 Å². The lowest BCUT2D eigenvalue weighted by molar-refractivity contribution is 0.0980. The van der Waals surface area contributed by atoms with E-state index in [1.54, 1.807) is 23.1 Å². The van der Waals surface area contributed by atoms with E-state index in [4.69, 9.17) is 5.73 Å². The molecule has 0 unspecified atom stereocenters. The fourth-order valence-electron chi connectivity index (χ4n) is 5.86. The van der Waals surface area contributed by atoms with Crippen LogP contribution in [0.5, 0.6) is 0 Å². The van der Waals surface area contributed by atoms with E-state index >= 15 is 0 Å². The smallest absolute Gasteiger partial charge is 0.296 e. The van der Waals surface area contributed by atoms with Crippen molar-refractivity contribution in [2.75, 3.05) is 10.6 Å². The molecule has 0 heterocycles. The van der Waals surface area contributed by atoms with Gasteiger partial charge in [0.2, 0.25) is 0 Å². The maximum atomic E-state index is 14.2. The number of carbonyl (C=O) groups excluding carboxylic acids is 2. The molecule has 0 fully saturated rings. The topological polar surface area (TPSA) is 118 Å². The molecule has 0 atom stereocenters. The van der Waals surface area contributed by atoms with Gasteiger partial charge in [0, 0.05) is 21.9 Å². The van der Waals surface area contributed by atoms with Gasteiger partial charge in [-0.1, -0.05) is 97.1 Å². The molecule has 0 radical (unpaired) electrons. The lowest BCUT2D eigenvalue weighted by Gasteiger charge is -2.32. The van der Waals surface area contributed by atoms with Crippen LogP contribution in [0.15, 0.2) is 120 Å². The summed E-state index contributed by atoms with van der Waals surface area (Å²) in [5, 5.41) is 3.46. The van der Waals surface area contributed by atoms with E-state index < -0.39 is 32.3 Å². The first-order valence-corrected chi connectivity index (χ1v) is 14.6. The van der Waals surface area contributed by atoms with Gasteiger partial charge in [-0.25, -0.2) is 0 Å². The van der Waals surface area contributed by atoms with Gasteiger partial charge in [-0.05, 0) is 29.0 Å². The highest BCUT2D eigenvalue weighted by molar-refractivity contribution is 7.86. The number of nitrogens with zero attached hydrogens (tertiary/aromatic N) is 1. The second-order valence-electron chi connectivity index (χ2n) is 10.1. The van der Waals surface area contributed by atoms with E-state index in [9.17, 15) is 22.6 Å². The summed E-state index contributed by atoms with van der Waals surface area (Å²) in [5.41, 5.74) is 7.21. The number of nitrogens with two attached hydrogens (primary N) is 1. The Hall–Kier alpha value is -5.31. The Balaban J connectivity index is 1.68. The average molecular weight is 571 g/mol. The predicted molar refractivity (Wildman–Crippen MR) is 164 cm³/mol. The van der Waals surface area contributed by atoms with Crippen LogP contribution in [0.25, 0.3) is 21.5 Å². The summed E-state index contributed by atoms with van der Waals surface area (Å²) >= 11 is 0. The first kappa shape index (κ1) is 25.6. The molecule has 204 valence electrons. The van der Waals surface area contributed by atoms with Gasteiger partial charge >= 0.3 is 0 Å². The van der Waals surface area contributed by atoms with Crippen molar-refractivity contribution < 1.29 is 22.6 Å². The Kier molecular flexibility index (Phi) is 5.72. The average Bonchev–Trinajstić information content (AvgIpc) is 3.00. The van der Waals surface area contributed by atoms with Gasteiger partial charge in [0.15, 0.2) is 11.6 Å². The van der Waals surface area contributed by atoms with Gasteiger partial charge < -0.3 is 10.6 Å². The molecular weight excluding hydrogens is 548 g/mol. The lowest BCUT2D eigenvalue weighted by atomic mass is 9.82. The molecule has 1 aliphatic carbocycles. The molecule has 8 heteroatoms. The molecule has 1 aliphatic rings. The summed E-state index contributed by atoms with van der Waals surface area (Å²) in [4.78, 5) is 29.3. The first-order valence-electron chi connectivity index (χ1n) is 13.1. The van der Waals surface area contributed by atoms with Gasteiger partial charge in [0.1, 0.15) is 4.90 Å². The summed E-state index contributed by atoms with van der Waals surface area (Å²) in [7, 11) is -4.91. The van der Waals surface area contributed by atoms with Crippen LogP contribution in [-0.4, -0.2) is 24.5 Å². The molecule has 0 spiro atoms. The van der Waals surface area contributed by atoms with Crippen LogP contribution in [-0.2, 0) is 10.1 Å². The number of hydrogen-bond acceptors (Lipinski definition) is 6. The van der Waals surface area contributed by atoms with Crippen LogP contribution >= 0.6 is 0 Å². The number of benzene rings is 6. The second-order valence-corrected chi connectivity index (χ2v) is 11.5. The van der Waals surface area contributed by atoms with Crippen LogP contribution in [0.3, 0.4) is 0 Å². The van der Waals surface area contributed by atoms with Crippen molar-refractivity contribution in [3.63, 3.8) is 0 Å². The highest BCUT2D eigenvalue weighted by Crippen LogP contribution is 2.48. The summed E-state index contributed by atoms with van der Waals surface area (Å²) in [6.45, 7) is 0. The van der Waals surface area contributed by atoms with Crippen LogP contribution < -0.4 is 10.6 Å². The summed E-state index contributed by atoms with van der Waals surface area (Å²) < 4.78 is 35.7. The maximum Gasteiger partial charge on any atom is 0.296 e. The van der Waals surface area contributed by atoms with Crippen molar-refractivity contribution in [3.8, 4) is 0 Å². The van der Waals surface area contributed by atoms with E-state index in [1.807, 2.05) is 84.9 Å². The number of fused-ring (bicyclic) bond motifs is 4. The number of hydrogen-bond donors (Lipinski definition) is 2. The first-order chi connectivity index (χ1) is 20.3. The van der Waals surface area contributed by atoms with E-state index in [0.29, 0.717) is 11.4 Å². The molecule has 0 bridgehead atoms. The Labute approximate surface area is 241 Å². The number of ketones is 2. The molecule has 0 aromatic heterocycles. The van der Waals surface area contributed by atoms with Crippen LogP contribution in [0.2, 0.25) is 0 Å². The summed E-state index contributed by atoms with van der Waals surface area (Å²) in [6, 6.07) is 34.3. The van der Waals surface area contributed by atoms with Gasteiger partial charge in [-0.3, -0.25) is 14.1 Å². The zero-order valence-corrected chi connectivity index (χ0v) is 22.8. The van der Waals surface area contributed by atoms with Crippen molar-refractivity contribution in [1.29, 1.82) is 0 Å². The van der Waals surface area contributed by atoms with Gasteiger partial charge in [-0.15, -0.1) is 0 Å². The Morgan fingerprint density at radius 3 is 1.55 bits per heavy atom. The Morgan fingerprint density at radius 2 is 1.02 bits per heavy atom. The number of rotatable bonds is 4. The molecule has 42 heavy (non-hydrogen) atoms. The van der Waals surface area contributed by atoms with Crippen molar-refractivity contribution in [1.82, 2.24) is 0 Å². The molecule has 0 aliphatic heterocycles. The Bertz CT molecular complexity index is 2150. The maximum absolute atomic E-state index is 14.2. The summed E-state index contributed by atoms with van der Waals surface area (Å²) in [6.07, 6.45) is 0. The monoisotopic (exact) mass is 570 g/mol. The van der Waals surface area contributed by atoms with Crippen molar-refractivity contribution in [2.24, 2.45) is 0 Å². The number of carbonyl (C=O) groups is 2. The molecule has 6 aromatic rings. The van der Waals surface area contributed by atoms with E-state index in [1.165, 1.54) is 12.1 Å². The number of anilines is 4. The zero-order chi connectivity index (χ0) is 29.2. The molecular formula is C34H22N2O5S. The SMILES string of the molecule is Nc1c(S(=O)(=O)O)cc(N(c2cccc3ccccc23)c2cccc3ccccc23)c2c1C(=O)c1ccccc1C2=O. The van der Waals surface area contributed by atoms with Gasteiger partial charge in [-0.2, -0.15) is 8.42 Å². The third kappa shape index (κ3) is 3.81. The predicted octanol–water partition coefficient (Wildman–Crippen LogP) is 7.07. The van der Waals surface area contributed by atoms with Crippen LogP contribution in [0.1, 0.15) is 31.8 Å². The molecule has 7 nitrogen and oxygen atoms in total. The molecule has 6 aromatic carbocycles. The molecule has 0 saturated carbocycles. The minimum Gasteiger partial charge on any atom is -0.397 e. The van der Waals surface area contributed by atoms with Crippen LogP contribution in [0.4, 0.5) is 22.7 Å². The van der Waals surface area contributed by atoms with E-state index in [-0.39, 0.29) is 27.9 Å². The third-order valence-corrected chi connectivity index (χ3v) is 8.61. The van der Waals surface area contributed by atoms with Crippen molar-refractivity contribution in [2.45, 2.75) is 4.90 Å². The molecule has 7 rings (SSSR count). The largest absolute Gasteiger partial charge is 0.397 e. The molecule has 0 saturated heterocycles.